The molecule has 0 saturated carbocycles. The summed E-state index contributed by atoms with van der Waals surface area (Å²) < 4.78 is 0. The molecule has 0 spiro atoms. The minimum Gasteiger partial charge on any atom is -0.356 e. The Balaban J connectivity index is -0.000000329. The average molecular weight is 508 g/mol. The van der Waals surface area contributed by atoms with Gasteiger partial charge in [0.15, 0.2) is 0 Å². The van der Waals surface area contributed by atoms with Crippen molar-refractivity contribution in [2.45, 2.75) is 0 Å². The molecule has 4 aromatic heterocycles. The van der Waals surface area contributed by atoms with Gasteiger partial charge < -0.3 is 30.6 Å². The third kappa shape index (κ3) is 46.9. The Bertz CT molecular complexity index is 621. The molecule has 4 rings (SSSR count). The van der Waals surface area contributed by atoms with Crippen molar-refractivity contribution >= 4 is 0 Å². The van der Waals surface area contributed by atoms with E-state index >= 15 is 0 Å². The summed E-state index contributed by atoms with van der Waals surface area (Å²) in [5.74, 6) is 0. The number of hydrogen-bond donors (Lipinski definition) is 0. The van der Waals surface area contributed by atoms with Crippen LogP contribution in [0.3, 0.4) is 0 Å². The smallest absolute Gasteiger partial charge is 0.356 e. The van der Waals surface area contributed by atoms with E-state index in [1.807, 2.05) is 48.5 Å². The van der Waals surface area contributed by atoms with E-state index in [1.165, 1.54) is 0 Å². The van der Waals surface area contributed by atoms with Gasteiger partial charge in [-0.3, -0.25) is 0 Å². The maximum absolute atomic E-state index is 8.25. The van der Waals surface area contributed by atoms with Gasteiger partial charge in [-0.2, -0.15) is 40.8 Å². The van der Waals surface area contributed by atoms with E-state index in [0.29, 0.717) is 0 Å². The molecular formula is C16H16CuN10O6. The molecule has 0 saturated heterocycles. The minimum absolute atomic E-state index is 0. The normalized spacial score (nSPS) is 7.27. The van der Waals surface area contributed by atoms with Crippen LogP contribution in [0.2, 0.25) is 0 Å². The van der Waals surface area contributed by atoms with Crippen molar-refractivity contribution in [2.24, 2.45) is 0 Å². The molecule has 0 unspecified atom stereocenters. The standard InChI is InChI=1S/4C4H4N2.Cu.2NO3/c4*1-2-4-6-5-3-1;;2*2-1(3)4/h4*1-4H;;;/q;;;;+2;2*-1. The maximum Gasteiger partial charge on any atom is 2.00 e. The SMILES string of the molecule is O=[N+]([O-])[O-].O=[N+]([O-])[O-].[Cu+2].c1ccnnc1.c1ccnnc1.c1ccnnc1.c1ccnnc1. The van der Waals surface area contributed by atoms with Gasteiger partial charge in [0.05, 0.1) is 10.2 Å². The Kier molecular flexibility index (Phi) is 29.3. The number of nitrogens with zero attached hydrogens (tertiary/aromatic N) is 10. The Morgan fingerprint density at radius 3 is 0.485 bits per heavy atom. The predicted octanol–water partition coefficient (Wildman–Crippen LogP) is 1.43. The van der Waals surface area contributed by atoms with Gasteiger partial charge in [-0.15, -0.1) is 0 Å². The van der Waals surface area contributed by atoms with E-state index in [0.717, 1.165) is 0 Å². The van der Waals surface area contributed by atoms with Crippen molar-refractivity contribution in [3.63, 3.8) is 0 Å². The van der Waals surface area contributed by atoms with Crippen LogP contribution in [0, 0.1) is 30.6 Å². The monoisotopic (exact) mass is 507 g/mol. The first-order valence-corrected chi connectivity index (χ1v) is 7.96. The molecule has 16 nitrogen and oxygen atoms in total. The van der Waals surface area contributed by atoms with Gasteiger partial charge in [-0.1, -0.05) is 0 Å². The summed E-state index contributed by atoms with van der Waals surface area (Å²) >= 11 is 0. The first kappa shape index (κ1) is 32.9. The third-order valence-corrected chi connectivity index (χ3v) is 1.93. The fourth-order valence-electron chi connectivity index (χ4n) is 1.01. The van der Waals surface area contributed by atoms with Crippen molar-refractivity contribution in [1.82, 2.24) is 40.8 Å². The first-order valence-electron chi connectivity index (χ1n) is 7.96. The molecule has 177 valence electrons. The summed E-state index contributed by atoms with van der Waals surface area (Å²) in [6.45, 7) is 0. The van der Waals surface area contributed by atoms with Crippen molar-refractivity contribution in [1.29, 1.82) is 0 Å². The average Bonchev–Trinajstić information content (AvgIpc) is 2.84. The molecule has 4 heterocycles. The molecule has 0 N–H and O–H groups in total. The van der Waals surface area contributed by atoms with E-state index in [2.05, 4.69) is 40.8 Å². The molecule has 0 aromatic carbocycles. The van der Waals surface area contributed by atoms with E-state index in [1.54, 1.807) is 49.6 Å². The van der Waals surface area contributed by atoms with E-state index in [9.17, 15) is 0 Å². The van der Waals surface area contributed by atoms with Gasteiger partial charge >= 0.3 is 17.1 Å². The van der Waals surface area contributed by atoms with Gasteiger partial charge in [-0.25, -0.2) is 0 Å². The van der Waals surface area contributed by atoms with Gasteiger partial charge in [0, 0.05) is 49.6 Å². The van der Waals surface area contributed by atoms with Crippen LogP contribution in [0.5, 0.6) is 0 Å². The second-order valence-electron chi connectivity index (χ2n) is 4.10. The van der Waals surface area contributed by atoms with Crippen LogP contribution in [0.25, 0.3) is 0 Å². The number of rotatable bonds is 0. The first-order chi connectivity index (χ1) is 15.5. The van der Waals surface area contributed by atoms with Crippen LogP contribution in [-0.2, 0) is 17.1 Å². The van der Waals surface area contributed by atoms with Crippen LogP contribution >= 0.6 is 0 Å². The second-order valence-corrected chi connectivity index (χ2v) is 4.10. The van der Waals surface area contributed by atoms with Crippen molar-refractivity contribution in [2.75, 3.05) is 0 Å². The quantitative estimate of drug-likeness (QED) is 0.186. The summed E-state index contributed by atoms with van der Waals surface area (Å²) in [5.41, 5.74) is 0. The van der Waals surface area contributed by atoms with Crippen molar-refractivity contribution in [3.05, 3.63) is 129 Å². The summed E-state index contributed by atoms with van der Waals surface area (Å²) in [6.07, 6.45) is 13.1. The molecule has 1 radical (unpaired) electrons. The fraction of sp³-hybridized carbons (Fsp3) is 0. The van der Waals surface area contributed by atoms with Crippen LogP contribution < -0.4 is 0 Å². The van der Waals surface area contributed by atoms with Crippen molar-refractivity contribution < 1.29 is 27.2 Å². The molecule has 33 heavy (non-hydrogen) atoms. The molecule has 0 atom stereocenters. The Hall–Kier alpha value is -4.76. The van der Waals surface area contributed by atoms with Crippen molar-refractivity contribution in [3.8, 4) is 0 Å². The predicted molar refractivity (Wildman–Crippen MR) is 109 cm³/mol. The molecule has 0 bridgehead atoms. The molecule has 0 aliphatic heterocycles. The summed E-state index contributed by atoms with van der Waals surface area (Å²) in [7, 11) is 0. The van der Waals surface area contributed by atoms with E-state index in [4.69, 9.17) is 30.6 Å². The summed E-state index contributed by atoms with van der Waals surface area (Å²) in [6, 6.07) is 14.6. The topological polar surface area (TPSA) is 236 Å². The summed E-state index contributed by atoms with van der Waals surface area (Å²) in [4.78, 5) is 16.5. The third-order valence-electron chi connectivity index (χ3n) is 1.93. The van der Waals surface area contributed by atoms with Crippen LogP contribution in [0.15, 0.2) is 98.1 Å². The molecule has 0 aliphatic rings. The number of aromatic nitrogens is 8. The Morgan fingerprint density at radius 1 is 0.364 bits per heavy atom. The minimum atomic E-state index is -1.75. The largest absolute Gasteiger partial charge is 2.00 e. The molecule has 4 aromatic rings. The van der Waals surface area contributed by atoms with Gasteiger partial charge in [-0.05, 0) is 48.5 Å². The Morgan fingerprint density at radius 2 is 0.455 bits per heavy atom. The zero-order valence-corrected chi connectivity index (χ0v) is 17.4. The maximum atomic E-state index is 8.25. The second kappa shape index (κ2) is 29.4. The van der Waals surface area contributed by atoms with Crippen LogP contribution in [0.1, 0.15) is 0 Å². The van der Waals surface area contributed by atoms with Crippen LogP contribution in [-0.4, -0.2) is 51.0 Å². The van der Waals surface area contributed by atoms with Gasteiger partial charge in [0.1, 0.15) is 0 Å². The molecule has 0 fully saturated rings. The zero-order valence-electron chi connectivity index (χ0n) is 16.5. The van der Waals surface area contributed by atoms with Gasteiger partial charge in [0.25, 0.3) is 0 Å². The van der Waals surface area contributed by atoms with E-state index < -0.39 is 10.2 Å². The number of hydrogen-bond acceptors (Lipinski definition) is 14. The molecule has 17 heteroatoms. The van der Waals surface area contributed by atoms with Crippen LogP contribution in [0.4, 0.5) is 0 Å². The summed E-state index contributed by atoms with van der Waals surface area (Å²) in [5, 5.41) is 57.8. The van der Waals surface area contributed by atoms with Gasteiger partial charge in [0.2, 0.25) is 0 Å². The molecule has 0 amide bonds. The Labute approximate surface area is 197 Å². The molecule has 0 aliphatic carbocycles. The molecular weight excluding hydrogens is 492 g/mol. The zero-order chi connectivity index (χ0) is 24.1. The van der Waals surface area contributed by atoms with E-state index in [-0.39, 0.29) is 17.1 Å². The fourth-order valence-corrected chi connectivity index (χ4v) is 1.01.